The molecule has 0 radical (unpaired) electrons. The molecule has 2 aliphatic rings. The minimum Gasteiger partial charge on any atom is -0.467 e. The lowest BCUT2D eigenvalue weighted by molar-refractivity contribution is -0.210. The van der Waals surface area contributed by atoms with Crippen molar-refractivity contribution in [3.8, 4) is 11.3 Å². The molecule has 2 aromatic carbocycles. The van der Waals surface area contributed by atoms with Gasteiger partial charge in [-0.15, -0.1) is 5.10 Å². The van der Waals surface area contributed by atoms with Crippen molar-refractivity contribution >= 4 is 5.97 Å². The van der Waals surface area contributed by atoms with Crippen LogP contribution in [0.15, 0.2) is 48.7 Å². The van der Waals surface area contributed by atoms with Gasteiger partial charge >= 0.3 is 5.97 Å². The minimum absolute atomic E-state index is 0.0441. The quantitative estimate of drug-likeness (QED) is 0.265. The molecule has 2 unspecified atom stereocenters. The van der Waals surface area contributed by atoms with Gasteiger partial charge < -0.3 is 18.9 Å². The molecule has 2 aliphatic heterocycles. The van der Waals surface area contributed by atoms with Gasteiger partial charge in [-0.05, 0) is 17.7 Å². The fourth-order valence-corrected chi connectivity index (χ4v) is 5.05. The molecule has 0 amide bonds. The number of benzene rings is 2. The molecule has 3 aromatic rings. The summed E-state index contributed by atoms with van der Waals surface area (Å²) in [6, 6.07) is 11.0. The van der Waals surface area contributed by atoms with Gasteiger partial charge in [0.05, 0.1) is 38.7 Å². The lowest BCUT2D eigenvalue weighted by Crippen LogP contribution is -2.52. The summed E-state index contributed by atoms with van der Waals surface area (Å²) in [5.74, 6) is -6.56. The second-order valence-electron chi connectivity index (χ2n) is 9.38. The largest absolute Gasteiger partial charge is 0.467 e. The molecule has 1 aromatic heterocycles. The van der Waals surface area contributed by atoms with E-state index in [0.29, 0.717) is 6.61 Å². The van der Waals surface area contributed by atoms with Gasteiger partial charge in [-0.1, -0.05) is 49.4 Å². The van der Waals surface area contributed by atoms with Crippen LogP contribution >= 0.6 is 0 Å². The minimum atomic E-state index is -1.55. The summed E-state index contributed by atoms with van der Waals surface area (Å²) < 4.78 is 65.5. The number of hydrogen-bond acceptors (Lipinski definition) is 7. The maximum atomic E-state index is 13.8. The van der Waals surface area contributed by atoms with E-state index in [1.54, 1.807) is 4.68 Å². The van der Waals surface area contributed by atoms with Gasteiger partial charge in [-0.2, -0.15) is 0 Å². The summed E-state index contributed by atoms with van der Waals surface area (Å²) in [6.07, 6.45) is 0.135. The molecule has 0 saturated carbocycles. The molecular formula is C26H26F3N3O5. The summed E-state index contributed by atoms with van der Waals surface area (Å²) in [7, 11) is 1.27. The Kier molecular flexibility index (Phi) is 6.78. The molecule has 0 aliphatic carbocycles. The van der Waals surface area contributed by atoms with Gasteiger partial charge in [0.1, 0.15) is 5.69 Å². The van der Waals surface area contributed by atoms with E-state index in [4.69, 9.17) is 18.9 Å². The highest BCUT2D eigenvalue weighted by Gasteiger charge is 2.71. The summed E-state index contributed by atoms with van der Waals surface area (Å²) in [6.45, 7) is 4.41. The summed E-state index contributed by atoms with van der Waals surface area (Å²) >= 11 is 0. The molecule has 5 rings (SSSR count). The number of nitrogens with zero attached hydrogens (tertiary/aromatic N) is 3. The second-order valence-corrected chi connectivity index (χ2v) is 9.38. The molecule has 2 fully saturated rings. The fraction of sp³-hybridized carbons (Fsp3) is 0.423. The van der Waals surface area contributed by atoms with Crippen molar-refractivity contribution in [1.29, 1.82) is 0 Å². The Hall–Kier alpha value is -3.28. The second kappa shape index (κ2) is 9.88. The molecule has 8 nitrogen and oxygen atoms in total. The number of esters is 1. The normalized spacial score (nSPS) is 28.9. The Bertz CT molecular complexity index is 1270. The predicted octanol–water partition coefficient (Wildman–Crippen LogP) is 4.06. The van der Waals surface area contributed by atoms with E-state index < -0.39 is 41.4 Å². The third-order valence-corrected chi connectivity index (χ3v) is 7.12. The average Bonchev–Trinajstić information content (AvgIpc) is 3.41. The highest BCUT2D eigenvalue weighted by molar-refractivity contribution is 5.79. The van der Waals surface area contributed by atoms with Crippen LogP contribution in [0, 0.1) is 29.3 Å². The Balaban J connectivity index is 1.41. The summed E-state index contributed by atoms with van der Waals surface area (Å²) in [5, 5.41) is 8.26. The van der Waals surface area contributed by atoms with Crippen LogP contribution in [0.2, 0.25) is 0 Å². The maximum absolute atomic E-state index is 13.8. The van der Waals surface area contributed by atoms with Gasteiger partial charge in [0.2, 0.25) is 11.9 Å². The van der Waals surface area contributed by atoms with Crippen LogP contribution in [-0.2, 0) is 30.3 Å². The van der Waals surface area contributed by atoms with Crippen molar-refractivity contribution < 1.29 is 36.9 Å². The number of carbonyl (C=O) groups excluding carboxylic acids is 1. The molecule has 0 N–H and O–H groups in total. The first-order chi connectivity index (χ1) is 17.7. The Morgan fingerprint density at radius 1 is 1.11 bits per heavy atom. The van der Waals surface area contributed by atoms with Crippen molar-refractivity contribution in [2.45, 2.75) is 44.5 Å². The van der Waals surface area contributed by atoms with Crippen LogP contribution in [-0.4, -0.2) is 52.7 Å². The van der Waals surface area contributed by atoms with Crippen LogP contribution in [0.5, 0.6) is 0 Å². The molecule has 11 heteroatoms. The first-order valence-electron chi connectivity index (χ1n) is 11.9. The molecule has 2 saturated heterocycles. The van der Waals surface area contributed by atoms with Gasteiger partial charge in [-0.3, -0.25) is 0 Å². The molecular weight excluding hydrogens is 491 g/mol. The monoisotopic (exact) mass is 517 g/mol. The van der Waals surface area contributed by atoms with Crippen molar-refractivity contribution in [2.24, 2.45) is 11.8 Å². The molecule has 3 heterocycles. The number of hydrogen-bond donors (Lipinski definition) is 0. The number of carbonyl (C=O) groups is 1. The topological polar surface area (TPSA) is 88.0 Å². The predicted molar refractivity (Wildman–Crippen MR) is 123 cm³/mol. The first kappa shape index (κ1) is 25.4. The lowest BCUT2D eigenvalue weighted by Gasteiger charge is -2.43. The van der Waals surface area contributed by atoms with Crippen LogP contribution in [0.3, 0.4) is 0 Å². The van der Waals surface area contributed by atoms with Gasteiger partial charge in [0.25, 0.3) is 0 Å². The molecule has 196 valence electrons. The van der Waals surface area contributed by atoms with Gasteiger partial charge in [0, 0.05) is 17.4 Å². The third-order valence-electron chi connectivity index (χ3n) is 7.12. The van der Waals surface area contributed by atoms with E-state index in [2.05, 4.69) is 10.3 Å². The molecule has 37 heavy (non-hydrogen) atoms. The number of aromatic nitrogens is 3. The van der Waals surface area contributed by atoms with E-state index in [0.717, 1.165) is 17.7 Å². The lowest BCUT2D eigenvalue weighted by atomic mass is 9.79. The van der Waals surface area contributed by atoms with Crippen molar-refractivity contribution in [3.05, 3.63) is 71.7 Å². The summed E-state index contributed by atoms with van der Waals surface area (Å²) in [5.41, 5.74) is 1.21. The van der Waals surface area contributed by atoms with E-state index in [9.17, 15) is 18.0 Å². The Morgan fingerprint density at radius 3 is 2.49 bits per heavy atom. The number of halogens is 3. The van der Waals surface area contributed by atoms with Gasteiger partial charge in [0.15, 0.2) is 17.5 Å². The van der Waals surface area contributed by atoms with E-state index in [-0.39, 0.29) is 35.7 Å². The average molecular weight is 518 g/mol. The van der Waals surface area contributed by atoms with Crippen molar-refractivity contribution in [3.63, 3.8) is 0 Å². The smallest absolute Gasteiger partial charge is 0.340 e. The SMILES string of the molecule is COC(=O)[C@H]1O[C@@]12OC(COCc1ccccc1)[C@H](C)[C@H](n1cc(-c3cc(F)c(F)c(F)c3)nn1)C2C. The van der Waals surface area contributed by atoms with Crippen LogP contribution in [0.1, 0.15) is 25.5 Å². The summed E-state index contributed by atoms with van der Waals surface area (Å²) in [4.78, 5) is 12.3. The van der Waals surface area contributed by atoms with Crippen LogP contribution in [0.25, 0.3) is 11.3 Å². The standard InChI is InChI=1S/C26H26F3N3O5/c1-14-21(13-35-12-16-7-5-4-6-8-16)36-26(24(37-26)25(33)34-3)15(2)23(14)32-11-20(30-31-32)17-9-18(27)22(29)19(28)10-17/h4-11,14-15,21,23-24H,12-13H2,1-3H3/t14-,15?,21?,23-,24+,26+/m0/s1. The number of ether oxygens (including phenoxy) is 4. The van der Waals surface area contributed by atoms with Crippen molar-refractivity contribution in [2.75, 3.05) is 13.7 Å². The zero-order valence-electron chi connectivity index (χ0n) is 20.4. The maximum Gasteiger partial charge on any atom is 0.340 e. The molecule has 1 spiro atoms. The molecule has 6 atom stereocenters. The zero-order valence-corrected chi connectivity index (χ0v) is 20.4. The number of rotatable bonds is 7. The van der Waals surface area contributed by atoms with Crippen LogP contribution < -0.4 is 0 Å². The van der Waals surface area contributed by atoms with E-state index >= 15 is 0 Å². The molecule has 0 bridgehead atoms. The number of epoxide rings is 1. The van der Waals surface area contributed by atoms with Crippen molar-refractivity contribution in [1.82, 2.24) is 15.0 Å². The van der Waals surface area contributed by atoms with Gasteiger partial charge in [-0.25, -0.2) is 22.6 Å². The highest BCUT2D eigenvalue weighted by Crippen LogP contribution is 2.55. The third kappa shape index (κ3) is 4.62. The van der Waals surface area contributed by atoms with E-state index in [1.807, 2.05) is 44.2 Å². The Morgan fingerprint density at radius 2 is 1.81 bits per heavy atom. The van der Waals surface area contributed by atoms with Crippen LogP contribution in [0.4, 0.5) is 13.2 Å². The number of methoxy groups -OCH3 is 1. The van der Waals surface area contributed by atoms with E-state index in [1.165, 1.54) is 13.3 Å². The zero-order chi connectivity index (χ0) is 26.3. The fourth-order valence-electron chi connectivity index (χ4n) is 5.05. The first-order valence-corrected chi connectivity index (χ1v) is 11.9. The highest BCUT2D eigenvalue weighted by atomic mass is 19.2. The Labute approximate surface area is 211 Å².